The molecule has 0 bridgehead atoms. The first-order valence-corrected chi connectivity index (χ1v) is 6.94. The zero-order valence-corrected chi connectivity index (χ0v) is 12.0. The quantitative estimate of drug-likeness (QED) is 0.895. The van der Waals surface area contributed by atoms with E-state index in [0.29, 0.717) is 0 Å². The van der Waals surface area contributed by atoms with E-state index in [9.17, 15) is 4.39 Å². The van der Waals surface area contributed by atoms with Gasteiger partial charge in [0.25, 0.3) is 0 Å². The van der Waals surface area contributed by atoms with Crippen LogP contribution in [0.4, 0.5) is 15.8 Å². The Kier molecular flexibility index (Phi) is 4.74. The van der Waals surface area contributed by atoms with Crippen LogP contribution in [0.5, 0.6) is 0 Å². The molecule has 1 unspecified atom stereocenters. The van der Waals surface area contributed by atoms with Crippen LogP contribution in [0, 0.1) is 5.82 Å². The van der Waals surface area contributed by atoms with Crippen molar-refractivity contribution in [2.75, 3.05) is 11.9 Å². The fourth-order valence-electron chi connectivity index (χ4n) is 2.12. The Bertz CT molecular complexity index is 534. The summed E-state index contributed by atoms with van der Waals surface area (Å²) in [6.45, 7) is 2.10. The van der Waals surface area contributed by atoms with Crippen LogP contribution < -0.4 is 10.6 Å². The van der Waals surface area contributed by atoms with Gasteiger partial charge in [-0.1, -0.05) is 19.1 Å². The summed E-state index contributed by atoms with van der Waals surface area (Å²) in [5.74, 6) is -0.217. The molecular formula is C17H21FN2. The second-order valence-electron chi connectivity index (χ2n) is 5.07. The summed E-state index contributed by atoms with van der Waals surface area (Å²) in [4.78, 5) is 2.03. The number of halogens is 1. The largest absolute Gasteiger partial charge is 0.345 e. The molecule has 0 spiro atoms. The van der Waals surface area contributed by atoms with E-state index in [1.807, 2.05) is 11.9 Å². The van der Waals surface area contributed by atoms with Crippen LogP contribution >= 0.6 is 0 Å². The molecule has 2 N–H and O–H groups in total. The summed E-state index contributed by atoms with van der Waals surface area (Å²) in [6.07, 6.45) is 1.88. The summed E-state index contributed by atoms with van der Waals surface area (Å²) in [7, 11) is 1.97. The van der Waals surface area contributed by atoms with E-state index in [2.05, 4.69) is 31.2 Å². The third-order valence-electron chi connectivity index (χ3n) is 3.56. The van der Waals surface area contributed by atoms with Crippen molar-refractivity contribution in [3.05, 3.63) is 59.9 Å². The normalized spacial score (nSPS) is 12.2. The van der Waals surface area contributed by atoms with E-state index in [1.54, 1.807) is 12.1 Å². The molecule has 2 rings (SSSR count). The number of anilines is 2. The predicted octanol–water partition coefficient (Wildman–Crippen LogP) is 3.87. The van der Waals surface area contributed by atoms with Gasteiger partial charge in [0.05, 0.1) is 0 Å². The first-order chi connectivity index (χ1) is 9.60. The summed E-state index contributed by atoms with van der Waals surface area (Å²) < 4.78 is 12.9. The van der Waals surface area contributed by atoms with Gasteiger partial charge < -0.3 is 10.6 Å². The van der Waals surface area contributed by atoms with Crippen LogP contribution in [-0.2, 0) is 6.42 Å². The van der Waals surface area contributed by atoms with Crippen LogP contribution in [0.3, 0.4) is 0 Å². The highest BCUT2D eigenvalue weighted by atomic mass is 19.1. The van der Waals surface area contributed by atoms with Crippen LogP contribution in [0.25, 0.3) is 0 Å². The van der Waals surface area contributed by atoms with Gasteiger partial charge in [-0.05, 0) is 54.8 Å². The SMILES string of the molecule is CCC(N)Cc1ccc(N(C)c2ccc(F)cc2)cc1. The average Bonchev–Trinajstić information content (AvgIpc) is 2.48. The number of nitrogens with two attached hydrogens (primary N) is 1. The predicted molar refractivity (Wildman–Crippen MR) is 82.9 cm³/mol. The van der Waals surface area contributed by atoms with Crippen LogP contribution in [0.2, 0.25) is 0 Å². The Morgan fingerprint density at radius 1 is 1.00 bits per heavy atom. The molecule has 0 aliphatic rings. The van der Waals surface area contributed by atoms with Gasteiger partial charge in [-0.15, -0.1) is 0 Å². The molecule has 0 aromatic heterocycles. The van der Waals surface area contributed by atoms with Crippen molar-refractivity contribution >= 4 is 11.4 Å². The minimum absolute atomic E-state index is 0.217. The fraction of sp³-hybridized carbons (Fsp3) is 0.294. The lowest BCUT2D eigenvalue weighted by molar-refractivity contribution is 0.628. The van der Waals surface area contributed by atoms with Crippen molar-refractivity contribution in [1.82, 2.24) is 0 Å². The van der Waals surface area contributed by atoms with E-state index in [-0.39, 0.29) is 11.9 Å². The van der Waals surface area contributed by atoms with Crippen LogP contribution in [0.15, 0.2) is 48.5 Å². The Morgan fingerprint density at radius 2 is 1.50 bits per heavy atom. The minimum atomic E-state index is -0.217. The van der Waals surface area contributed by atoms with Crippen molar-refractivity contribution < 1.29 is 4.39 Å². The molecule has 20 heavy (non-hydrogen) atoms. The number of hydrogen-bond acceptors (Lipinski definition) is 2. The summed E-state index contributed by atoms with van der Waals surface area (Å²) in [5, 5.41) is 0. The molecule has 0 heterocycles. The number of nitrogens with zero attached hydrogens (tertiary/aromatic N) is 1. The molecular weight excluding hydrogens is 251 g/mol. The number of rotatable bonds is 5. The maximum atomic E-state index is 12.9. The highest BCUT2D eigenvalue weighted by molar-refractivity contribution is 5.62. The lowest BCUT2D eigenvalue weighted by atomic mass is 10.0. The van der Waals surface area contributed by atoms with Gasteiger partial charge in [-0.25, -0.2) is 4.39 Å². The van der Waals surface area contributed by atoms with Crippen LogP contribution in [0.1, 0.15) is 18.9 Å². The third-order valence-corrected chi connectivity index (χ3v) is 3.56. The smallest absolute Gasteiger partial charge is 0.123 e. The molecule has 1 atom stereocenters. The van der Waals surface area contributed by atoms with Crippen molar-refractivity contribution in [1.29, 1.82) is 0 Å². The zero-order valence-electron chi connectivity index (χ0n) is 12.0. The third kappa shape index (κ3) is 3.58. The standard InChI is InChI=1S/C17H21FN2/c1-3-15(19)12-13-4-8-16(9-5-13)20(2)17-10-6-14(18)7-11-17/h4-11,15H,3,12,19H2,1-2H3. The van der Waals surface area contributed by atoms with Gasteiger partial charge in [0, 0.05) is 24.5 Å². The highest BCUT2D eigenvalue weighted by Crippen LogP contribution is 2.24. The van der Waals surface area contributed by atoms with E-state index in [4.69, 9.17) is 5.73 Å². The average molecular weight is 272 g/mol. The van der Waals surface area contributed by atoms with E-state index in [1.165, 1.54) is 17.7 Å². The van der Waals surface area contributed by atoms with Gasteiger partial charge >= 0.3 is 0 Å². The zero-order chi connectivity index (χ0) is 14.5. The molecule has 2 aromatic rings. The summed E-state index contributed by atoms with van der Waals surface area (Å²) >= 11 is 0. The van der Waals surface area contributed by atoms with E-state index < -0.39 is 0 Å². The van der Waals surface area contributed by atoms with E-state index in [0.717, 1.165) is 24.2 Å². The Labute approximate surface area is 120 Å². The second kappa shape index (κ2) is 6.53. The van der Waals surface area contributed by atoms with Crippen molar-refractivity contribution in [3.8, 4) is 0 Å². The summed E-state index contributed by atoms with van der Waals surface area (Å²) in [6, 6.07) is 15.1. The first kappa shape index (κ1) is 14.5. The van der Waals surface area contributed by atoms with Crippen molar-refractivity contribution in [3.63, 3.8) is 0 Å². The molecule has 0 amide bonds. The molecule has 0 aliphatic heterocycles. The monoisotopic (exact) mass is 272 g/mol. The molecule has 0 saturated heterocycles. The minimum Gasteiger partial charge on any atom is -0.345 e. The maximum Gasteiger partial charge on any atom is 0.123 e. The molecule has 0 radical (unpaired) electrons. The number of hydrogen-bond donors (Lipinski definition) is 1. The molecule has 2 aromatic carbocycles. The summed E-state index contributed by atoms with van der Waals surface area (Å²) in [5.41, 5.74) is 9.24. The molecule has 106 valence electrons. The molecule has 2 nitrogen and oxygen atoms in total. The number of benzene rings is 2. The van der Waals surface area contributed by atoms with E-state index >= 15 is 0 Å². The molecule has 0 saturated carbocycles. The molecule has 3 heteroatoms. The van der Waals surface area contributed by atoms with Gasteiger partial charge in [-0.3, -0.25) is 0 Å². The maximum absolute atomic E-state index is 12.9. The Balaban J connectivity index is 2.11. The van der Waals surface area contributed by atoms with Gasteiger partial charge in [-0.2, -0.15) is 0 Å². The second-order valence-corrected chi connectivity index (χ2v) is 5.07. The lowest BCUT2D eigenvalue weighted by Gasteiger charge is -2.20. The lowest BCUT2D eigenvalue weighted by Crippen LogP contribution is -2.21. The highest BCUT2D eigenvalue weighted by Gasteiger charge is 2.05. The van der Waals surface area contributed by atoms with Gasteiger partial charge in [0.15, 0.2) is 0 Å². The van der Waals surface area contributed by atoms with Crippen molar-refractivity contribution in [2.24, 2.45) is 5.73 Å². The Morgan fingerprint density at radius 3 is 2.00 bits per heavy atom. The van der Waals surface area contributed by atoms with Gasteiger partial charge in [0.2, 0.25) is 0 Å². The molecule has 0 aliphatic carbocycles. The Hall–Kier alpha value is -1.87. The van der Waals surface area contributed by atoms with Gasteiger partial charge in [0.1, 0.15) is 5.82 Å². The fourth-order valence-corrected chi connectivity index (χ4v) is 2.12. The topological polar surface area (TPSA) is 29.3 Å². The van der Waals surface area contributed by atoms with Crippen LogP contribution in [-0.4, -0.2) is 13.1 Å². The van der Waals surface area contributed by atoms with Crippen molar-refractivity contribution in [2.45, 2.75) is 25.8 Å². The first-order valence-electron chi connectivity index (χ1n) is 6.94. The molecule has 0 fully saturated rings.